The molecule has 0 saturated carbocycles. The molecule has 2 aliphatic rings. The van der Waals surface area contributed by atoms with Crippen LogP contribution in [0.2, 0.25) is 0 Å². The van der Waals surface area contributed by atoms with E-state index in [0.717, 1.165) is 6.54 Å². The average Bonchev–Trinajstić information content (AvgIpc) is 3.47. The molecule has 2 aliphatic heterocycles. The van der Waals surface area contributed by atoms with Crippen molar-refractivity contribution in [3.63, 3.8) is 0 Å². The third-order valence-corrected chi connectivity index (χ3v) is 5.47. The number of epoxide rings is 1. The van der Waals surface area contributed by atoms with Crippen molar-refractivity contribution in [2.24, 2.45) is 0 Å². The molecule has 27 heavy (non-hydrogen) atoms. The molecular formula is C25H23NO. The molecule has 1 saturated heterocycles. The quantitative estimate of drug-likeness (QED) is 0.560. The third-order valence-electron chi connectivity index (χ3n) is 5.47. The first-order valence-corrected chi connectivity index (χ1v) is 9.54. The van der Waals surface area contributed by atoms with Crippen LogP contribution in [-0.2, 0) is 11.3 Å². The number of ether oxygens (including phenoxy) is 1. The fourth-order valence-corrected chi connectivity index (χ4v) is 3.96. The standard InChI is InChI=1S/C25H23NO/c1-17-10-12-19(13-11-17)16-26-23(21-8-5-6-18(2)14-21)15-20-7-3-4-9-22(20)24-25(26)27-24/h3-15,24-25H,16H2,1-2H3. The van der Waals surface area contributed by atoms with Crippen molar-refractivity contribution in [1.29, 1.82) is 0 Å². The molecule has 0 N–H and O–H groups in total. The van der Waals surface area contributed by atoms with E-state index in [-0.39, 0.29) is 12.3 Å². The molecule has 2 unspecified atom stereocenters. The normalized spacial score (nSPS) is 20.4. The summed E-state index contributed by atoms with van der Waals surface area (Å²) in [7, 11) is 0. The zero-order chi connectivity index (χ0) is 18.4. The zero-order valence-electron chi connectivity index (χ0n) is 15.7. The molecule has 3 aromatic rings. The Morgan fingerprint density at radius 3 is 2.48 bits per heavy atom. The summed E-state index contributed by atoms with van der Waals surface area (Å²) in [6.07, 6.45) is 2.58. The van der Waals surface area contributed by atoms with Crippen LogP contribution in [0.4, 0.5) is 0 Å². The average molecular weight is 353 g/mol. The molecule has 3 aromatic carbocycles. The van der Waals surface area contributed by atoms with E-state index in [2.05, 4.69) is 97.6 Å². The van der Waals surface area contributed by atoms with E-state index in [4.69, 9.17) is 4.74 Å². The van der Waals surface area contributed by atoms with Crippen LogP contribution in [0, 0.1) is 13.8 Å². The number of hydrogen-bond acceptors (Lipinski definition) is 2. The molecule has 1 fully saturated rings. The third kappa shape index (κ3) is 3.07. The molecule has 0 bridgehead atoms. The van der Waals surface area contributed by atoms with Crippen LogP contribution in [-0.4, -0.2) is 11.1 Å². The second-order valence-electron chi connectivity index (χ2n) is 7.59. The Hall–Kier alpha value is -2.84. The van der Waals surface area contributed by atoms with Gasteiger partial charge in [0.1, 0.15) is 6.10 Å². The van der Waals surface area contributed by atoms with Crippen molar-refractivity contribution >= 4 is 11.8 Å². The largest absolute Gasteiger partial charge is 0.343 e. The summed E-state index contributed by atoms with van der Waals surface area (Å²) >= 11 is 0. The minimum Gasteiger partial charge on any atom is -0.343 e. The first kappa shape index (κ1) is 16.3. The summed E-state index contributed by atoms with van der Waals surface area (Å²) in [5.74, 6) is 0. The summed E-state index contributed by atoms with van der Waals surface area (Å²) in [4.78, 5) is 2.42. The van der Waals surface area contributed by atoms with Gasteiger partial charge in [-0.2, -0.15) is 0 Å². The first-order chi connectivity index (χ1) is 13.2. The summed E-state index contributed by atoms with van der Waals surface area (Å²) in [6.45, 7) is 5.12. The molecule has 134 valence electrons. The van der Waals surface area contributed by atoms with Gasteiger partial charge in [0.15, 0.2) is 6.23 Å². The lowest BCUT2D eigenvalue weighted by atomic mass is 10.0. The molecule has 0 aromatic heterocycles. The SMILES string of the molecule is Cc1ccc(CN2C(c3cccc(C)c3)=Cc3ccccc3C3OC32)cc1. The van der Waals surface area contributed by atoms with Crippen LogP contribution in [0.15, 0.2) is 72.8 Å². The van der Waals surface area contributed by atoms with Gasteiger partial charge in [0, 0.05) is 12.2 Å². The highest BCUT2D eigenvalue weighted by molar-refractivity contribution is 5.83. The Kier molecular flexibility index (Phi) is 3.87. The first-order valence-electron chi connectivity index (χ1n) is 9.54. The number of fused-ring (bicyclic) bond motifs is 3. The van der Waals surface area contributed by atoms with Crippen molar-refractivity contribution in [2.75, 3.05) is 0 Å². The molecule has 2 heterocycles. The molecule has 5 rings (SSSR count). The Bertz CT molecular complexity index is 1020. The van der Waals surface area contributed by atoms with Crippen molar-refractivity contribution in [2.45, 2.75) is 32.7 Å². The maximum atomic E-state index is 6.16. The van der Waals surface area contributed by atoms with Gasteiger partial charge < -0.3 is 9.64 Å². The lowest BCUT2D eigenvalue weighted by Crippen LogP contribution is -2.25. The zero-order valence-corrected chi connectivity index (χ0v) is 15.7. The Morgan fingerprint density at radius 1 is 0.852 bits per heavy atom. The van der Waals surface area contributed by atoms with Gasteiger partial charge in [-0.05, 0) is 48.2 Å². The van der Waals surface area contributed by atoms with Gasteiger partial charge in [-0.25, -0.2) is 0 Å². The highest BCUT2D eigenvalue weighted by atomic mass is 16.6. The molecular weight excluding hydrogens is 330 g/mol. The fourth-order valence-electron chi connectivity index (χ4n) is 3.96. The van der Waals surface area contributed by atoms with Crippen molar-refractivity contribution in [1.82, 2.24) is 4.90 Å². The molecule has 0 amide bonds. The molecule has 0 spiro atoms. The summed E-state index contributed by atoms with van der Waals surface area (Å²) in [5, 5.41) is 0. The number of hydrogen-bond donors (Lipinski definition) is 0. The minimum absolute atomic E-state index is 0.0988. The maximum absolute atomic E-state index is 6.16. The van der Waals surface area contributed by atoms with Crippen LogP contribution in [0.25, 0.3) is 11.8 Å². The predicted molar refractivity (Wildman–Crippen MR) is 110 cm³/mol. The van der Waals surface area contributed by atoms with Crippen molar-refractivity contribution in [3.05, 3.63) is 106 Å². The Balaban J connectivity index is 1.61. The van der Waals surface area contributed by atoms with Gasteiger partial charge in [-0.3, -0.25) is 0 Å². The minimum atomic E-state index is 0.0988. The topological polar surface area (TPSA) is 15.8 Å². The Morgan fingerprint density at radius 2 is 1.67 bits per heavy atom. The maximum Gasteiger partial charge on any atom is 0.162 e. The van der Waals surface area contributed by atoms with E-state index < -0.39 is 0 Å². The van der Waals surface area contributed by atoms with Crippen LogP contribution >= 0.6 is 0 Å². The van der Waals surface area contributed by atoms with E-state index in [9.17, 15) is 0 Å². The van der Waals surface area contributed by atoms with Gasteiger partial charge in [-0.15, -0.1) is 0 Å². The van der Waals surface area contributed by atoms with E-state index in [1.54, 1.807) is 0 Å². The van der Waals surface area contributed by atoms with Crippen LogP contribution < -0.4 is 0 Å². The smallest absolute Gasteiger partial charge is 0.162 e. The summed E-state index contributed by atoms with van der Waals surface area (Å²) in [5.41, 5.74) is 8.89. The van der Waals surface area contributed by atoms with Crippen LogP contribution in [0.3, 0.4) is 0 Å². The second-order valence-corrected chi connectivity index (χ2v) is 7.59. The number of benzene rings is 3. The number of rotatable bonds is 3. The van der Waals surface area contributed by atoms with E-state index in [0.29, 0.717) is 0 Å². The summed E-state index contributed by atoms with van der Waals surface area (Å²) in [6, 6.07) is 26.2. The monoisotopic (exact) mass is 353 g/mol. The van der Waals surface area contributed by atoms with E-state index in [1.165, 1.54) is 39.1 Å². The highest BCUT2D eigenvalue weighted by Crippen LogP contribution is 2.49. The van der Waals surface area contributed by atoms with Crippen LogP contribution in [0.1, 0.15) is 39.5 Å². The van der Waals surface area contributed by atoms with Gasteiger partial charge in [0.25, 0.3) is 0 Å². The number of aryl methyl sites for hydroxylation is 2. The highest BCUT2D eigenvalue weighted by Gasteiger charge is 2.48. The van der Waals surface area contributed by atoms with Gasteiger partial charge in [-0.1, -0.05) is 77.9 Å². The molecule has 0 radical (unpaired) electrons. The second kappa shape index (κ2) is 6.40. The lowest BCUT2D eigenvalue weighted by Gasteiger charge is -2.26. The Labute approximate surface area is 160 Å². The van der Waals surface area contributed by atoms with Gasteiger partial charge in [0.2, 0.25) is 0 Å². The molecule has 2 heteroatoms. The van der Waals surface area contributed by atoms with Crippen LogP contribution in [0.5, 0.6) is 0 Å². The predicted octanol–water partition coefficient (Wildman–Crippen LogP) is 5.71. The van der Waals surface area contributed by atoms with Crippen molar-refractivity contribution < 1.29 is 4.74 Å². The van der Waals surface area contributed by atoms with E-state index >= 15 is 0 Å². The fraction of sp³-hybridized carbons (Fsp3) is 0.200. The van der Waals surface area contributed by atoms with Crippen molar-refractivity contribution in [3.8, 4) is 0 Å². The van der Waals surface area contributed by atoms with E-state index in [1.807, 2.05) is 0 Å². The van der Waals surface area contributed by atoms with Gasteiger partial charge >= 0.3 is 0 Å². The lowest BCUT2D eigenvalue weighted by molar-refractivity contribution is 0.240. The molecule has 0 aliphatic carbocycles. The molecule has 2 atom stereocenters. The summed E-state index contributed by atoms with van der Waals surface area (Å²) < 4.78 is 6.16. The van der Waals surface area contributed by atoms with Gasteiger partial charge in [0.05, 0.1) is 0 Å². The number of nitrogens with zero attached hydrogens (tertiary/aromatic N) is 1. The molecule has 2 nitrogen and oxygen atoms in total.